The molecule has 28 heavy (non-hydrogen) atoms. The lowest BCUT2D eigenvalue weighted by Gasteiger charge is -2.04. The molecule has 0 saturated heterocycles. The van der Waals surface area contributed by atoms with Crippen molar-refractivity contribution in [2.24, 2.45) is 0 Å². The summed E-state index contributed by atoms with van der Waals surface area (Å²) in [6.07, 6.45) is 1.00. The molecule has 0 aliphatic rings. The smallest absolute Gasteiger partial charge is 0.293 e. The largest absolute Gasteiger partial charge is 0.486 e. The fourth-order valence-electron chi connectivity index (χ4n) is 2.87. The molecule has 2 N–H and O–H groups in total. The van der Waals surface area contributed by atoms with E-state index in [0.29, 0.717) is 35.5 Å². The van der Waals surface area contributed by atoms with Gasteiger partial charge in [0, 0.05) is 11.3 Å². The fraction of sp³-hybridized carbons (Fsp3) is 0.182. The normalized spacial score (nSPS) is 10.9. The highest BCUT2D eigenvalue weighted by atomic mass is 16.5. The van der Waals surface area contributed by atoms with Crippen molar-refractivity contribution in [2.45, 2.75) is 26.9 Å². The van der Waals surface area contributed by atoms with Crippen molar-refractivity contribution < 1.29 is 13.7 Å². The molecule has 0 atom stereocenters. The number of benzene rings is 2. The molecular formula is C22H21N3O3. The Kier molecular flexibility index (Phi) is 4.85. The highest BCUT2D eigenvalue weighted by molar-refractivity contribution is 5.68. The first kappa shape index (κ1) is 17.9. The molecule has 0 radical (unpaired) electrons. The van der Waals surface area contributed by atoms with Gasteiger partial charge in [-0.25, -0.2) is 0 Å². The number of furan rings is 1. The SMILES string of the molecule is CCc1ccc(OCc2ccc(-c3nc(-c4cccc(N)c4C)no3)o2)cc1. The number of aryl methyl sites for hydroxylation is 1. The Morgan fingerprint density at radius 2 is 1.86 bits per heavy atom. The second kappa shape index (κ2) is 7.60. The third-order valence-electron chi connectivity index (χ3n) is 4.63. The molecule has 6 nitrogen and oxygen atoms in total. The molecule has 4 aromatic rings. The van der Waals surface area contributed by atoms with Crippen LogP contribution in [0.1, 0.15) is 23.8 Å². The van der Waals surface area contributed by atoms with Crippen molar-refractivity contribution in [2.75, 3.05) is 5.73 Å². The summed E-state index contributed by atoms with van der Waals surface area (Å²) in [5.41, 5.74) is 9.67. The van der Waals surface area contributed by atoms with Gasteiger partial charge in [-0.05, 0) is 54.8 Å². The highest BCUT2D eigenvalue weighted by Crippen LogP contribution is 2.28. The van der Waals surface area contributed by atoms with Crippen LogP contribution in [-0.2, 0) is 13.0 Å². The standard InChI is InChI=1S/C22H21N3O3/c1-3-15-7-9-16(10-8-15)26-13-17-11-12-20(27-17)22-24-21(25-28-22)18-5-4-6-19(23)14(18)2/h4-12H,3,13,23H2,1-2H3. The molecule has 0 aliphatic carbocycles. The number of hydrogen-bond donors (Lipinski definition) is 1. The maximum Gasteiger partial charge on any atom is 0.293 e. The molecule has 2 aromatic carbocycles. The number of ether oxygens (including phenoxy) is 1. The van der Waals surface area contributed by atoms with E-state index in [-0.39, 0.29) is 0 Å². The molecule has 2 aromatic heterocycles. The second-order valence-electron chi connectivity index (χ2n) is 6.50. The lowest BCUT2D eigenvalue weighted by Crippen LogP contribution is -1.93. The Morgan fingerprint density at radius 1 is 1.04 bits per heavy atom. The van der Waals surface area contributed by atoms with E-state index < -0.39 is 0 Å². The number of nitrogens with two attached hydrogens (primary N) is 1. The van der Waals surface area contributed by atoms with Gasteiger partial charge in [-0.3, -0.25) is 0 Å². The van der Waals surface area contributed by atoms with E-state index in [4.69, 9.17) is 19.4 Å². The number of hydrogen-bond acceptors (Lipinski definition) is 6. The average Bonchev–Trinajstić information content (AvgIpc) is 3.38. The van der Waals surface area contributed by atoms with E-state index >= 15 is 0 Å². The van der Waals surface area contributed by atoms with E-state index in [1.807, 2.05) is 43.3 Å². The van der Waals surface area contributed by atoms with Crippen LogP contribution in [0.15, 0.2) is 63.5 Å². The molecule has 2 heterocycles. The zero-order chi connectivity index (χ0) is 19.5. The lowest BCUT2D eigenvalue weighted by molar-refractivity contribution is 0.270. The van der Waals surface area contributed by atoms with E-state index in [0.717, 1.165) is 23.3 Å². The first-order valence-corrected chi connectivity index (χ1v) is 9.14. The topological polar surface area (TPSA) is 87.3 Å². The number of anilines is 1. The number of rotatable bonds is 6. The minimum absolute atomic E-state index is 0.315. The Labute approximate surface area is 162 Å². The Balaban J connectivity index is 1.47. The summed E-state index contributed by atoms with van der Waals surface area (Å²) in [5, 5.41) is 4.05. The summed E-state index contributed by atoms with van der Waals surface area (Å²) in [7, 11) is 0. The van der Waals surface area contributed by atoms with Crippen LogP contribution < -0.4 is 10.5 Å². The summed E-state index contributed by atoms with van der Waals surface area (Å²) >= 11 is 0. The molecule has 0 spiro atoms. The van der Waals surface area contributed by atoms with Crippen molar-refractivity contribution in [3.8, 4) is 28.8 Å². The van der Waals surface area contributed by atoms with Gasteiger partial charge in [0.2, 0.25) is 5.82 Å². The van der Waals surface area contributed by atoms with Gasteiger partial charge in [-0.2, -0.15) is 4.98 Å². The molecule has 0 fully saturated rings. The molecule has 0 bridgehead atoms. The van der Waals surface area contributed by atoms with Crippen LogP contribution in [0.5, 0.6) is 5.75 Å². The van der Waals surface area contributed by atoms with Crippen molar-refractivity contribution >= 4 is 5.69 Å². The van der Waals surface area contributed by atoms with Gasteiger partial charge >= 0.3 is 0 Å². The van der Waals surface area contributed by atoms with Gasteiger partial charge in [0.1, 0.15) is 18.1 Å². The Hall–Kier alpha value is -3.54. The van der Waals surface area contributed by atoms with Crippen LogP contribution >= 0.6 is 0 Å². The van der Waals surface area contributed by atoms with E-state index in [1.54, 1.807) is 6.07 Å². The molecule has 6 heteroatoms. The van der Waals surface area contributed by atoms with Crippen molar-refractivity contribution in [1.82, 2.24) is 10.1 Å². The molecule has 4 rings (SSSR count). The lowest BCUT2D eigenvalue weighted by atomic mass is 10.1. The van der Waals surface area contributed by atoms with Crippen LogP contribution in [-0.4, -0.2) is 10.1 Å². The second-order valence-corrected chi connectivity index (χ2v) is 6.50. The number of nitrogen functional groups attached to an aromatic ring is 1. The van der Waals surface area contributed by atoms with Crippen LogP contribution in [0, 0.1) is 6.92 Å². The maximum absolute atomic E-state index is 5.96. The maximum atomic E-state index is 5.96. The minimum atomic E-state index is 0.315. The molecule has 0 amide bonds. The van der Waals surface area contributed by atoms with Gasteiger partial charge in [0.25, 0.3) is 5.89 Å². The molecule has 0 aliphatic heterocycles. The molecule has 0 unspecified atom stereocenters. The Bertz CT molecular complexity index is 1080. The van der Waals surface area contributed by atoms with Gasteiger partial charge in [-0.1, -0.05) is 36.3 Å². The molecule has 142 valence electrons. The quantitative estimate of drug-likeness (QED) is 0.476. The minimum Gasteiger partial charge on any atom is -0.486 e. The van der Waals surface area contributed by atoms with Crippen molar-refractivity contribution in [1.29, 1.82) is 0 Å². The summed E-state index contributed by atoms with van der Waals surface area (Å²) in [5.74, 6) is 2.77. The zero-order valence-electron chi connectivity index (χ0n) is 15.8. The molecule has 0 saturated carbocycles. The predicted molar refractivity (Wildman–Crippen MR) is 107 cm³/mol. The van der Waals surface area contributed by atoms with Crippen LogP contribution in [0.3, 0.4) is 0 Å². The third kappa shape index (κ3) is 3.62. The third-order valence-corrected chi connectivity index (χ3v) is 4.63. The fourth-order valence-corrected chi connectivity index (χ4v) is 2.87. The van der Waals surface area contributed by atoms with Crippen LogP contribution in [0.2, 0.25) is 0 Å². The first-order valence-electron chi connectivity index (χ1n) is 9.14. The summed E-state index contributed by atoms with van der Waals surface area (Å²) in [6.45, 7) is 4.37. The number of nitrogens with zero attached hydrogens (tertiary/aromatic N) is 2. The average molecular weight is 375 g/mol. The van der Waals surface area contributed by atoms with Crippen molar-refractivity contribution in [3.05, 3.63) is 71.5 Å². The van der Waals surface area contributed by atoms with E-state index in [2.05, 4.69) is 29.2 Å². The number of aromatic nitrogens is 2. The van der Waals surface area contributed by atoms with Gasteiger partial charge < -0.3 is 19.4 Å². The molecular weight excluding hydrogens is 354 g/mol. The monoisotopic (exact) mass is 375 g/mol. The first-order chi connectivity index (χ1) is 13.6. The predicted octanol–water partition coefficient (Wildman–Crippen LogP) is 5.03. The van der Waals surface area contributed by atoms with E-state index in [9.17, 15) is 0 Å². The zero-order valence-corrected chi connectivity index (χ0v) is 15.8. The van der Waals surface area contributed by atoms with Crippen LogP contribution in [0.25, 0.3) is 23.0 Å². The van der Waals surface area contributed by atoms with Gasteiger partial charge in [-0.15, -0.1) is 0 Å². The Morgan fingerprint density at radius 3 is 2.64 bits per heavy atom. The van der Waals surface area contributed by atoms with E-state index in [1.165, 1.54) is 5.56 Å². The van der Waals surface area contributed by atoms with Crippen LogP contribution in [0.4, 0.5) is 5.69 Å². The summed E-state index contributed by atoms with van der Waals surface area (Å²) in [4.78, 5) is 4.44. The summed E-state index contributed by atoms with van der Waals surface area (Å²) < 4.78 is 16.9. The van der Waals surface area contributed by atoms with Gasteiger partial charge in [0.15, 0.2) is 5.76 Å². The van der Waals surface area contributed by atoms with Crippen molar-refractivity contribution in [3.63, 3.8) is 0 Å². The van der Waals surface area contributed by atoms with Gasteiger partial charge in [0.05, 0.1) is 0 Å². The highest BCUT2D eigenvalue weighted by Gasteiger charge is 2.16. The summed E-state index contributed by atoms with van der Waals surface area (Å²) in [6, 6.07) is 17.3.